The molecule has 2 rings (SSSR count). The molecule has 0 bridgehead atoms. The molecule has 6 nitrogen and oxygen atoms in total. The summed E-state index contributed by atoms with van der Waals surface area (Å²) in [6.45, 7) is 0. The fourth-order valence-electron chi connectivity index (χ4n) is 1.07. The van der Waals surface area contributed by atoms with E-state index in [-0.39, 0.29) is 0 Å². The molecule has 86 valence electrons. The van der Waals surface area contributed by atoms with Crippen molar-refractivity contribution in [3.8, 4) is 0 Å². The van der Waals surface area contributed by atoms with Crippen LogP contribution in [0.2, 0.25) is 0 Å². The van der Waals surface area contributed by atoms with E-state index in [9.17, 15) is 0 Å². The summed E-state index contributed by atoms with van der Waals surface area (Å²) >= 11 is 2.95. The Morgan fingerprint density at radius 2 is 2.19 bits per heavy atom. The van der Waals surface area contributed by atoms with E-state index in [0.29, 0.717) is 5.69 Å². The van der Waals surface area contributed by atoms with Crippen LogP contribution in [0.15, 0.2) is 15.6 Å². The molecule has 2 aromatic rings. The lowest BCUT2D eigenvalue weighted by Crippen LogP contribution is -2.07. The Labute approximate surface area is 101 Å². The van der Waals surface area contributed by atoms with Crippen LogP contribution in [0.25, 0.3) is 0 Å². The highest BCUT2D eigenvalue weighted by Gasteiger charge is 2.11. The van der Waals surface area contributed by atoms with Crippen molar-refractivity contribution in [2.45, 2.75) is 9.37 Å². The summed E-state index contributed by atoms with van der Waals surface area (Å²) in [5.41, 5.74) is 6.46. The number of hydrogen-bond donors (Lipinski definition) is 1. The van der Waals surface area contributed by atoms with Crippen molar-refractivity contribution in [1.82, 2.24) is 20.0 Å². The van der Waals surface area contributed by atoms with Crippen LogP contribution in [0.3, 0.4) is 0 Å². The molecule has 2 aromatic heterocycles. The SMILES string of the molecule is CN(C)c1nnc(Sc2nn(C)cc2N)s1. The highest BCUT2D eigenvalue weighted by Crippen LogP contribution is 2.34. The molecular weight excluding hydrogens is 244 g/mol. The first kappa shape index (κ1) is 11.2. The van der Waals surface area contributed by atoms with Crippen LogP contribution < -0.4 is 10.6 Å². The summed E-state index contributed by atoms with van der Waals surface area (Å²) in [5, 5.41) is 14.0. The van der Waals surface area contributed by atoms with Gasteiger partial charge in [-0.15, -0.1) is 10.2 Å². The zero-order chi connectivity index (χ0) is 11.7. The second-order valence-corrected chi connectivity index (χ2v) is 5.60. The molecule has 0 aliphatic rings. The lowest BCUT2D eigenvalue weighted by atomic mass is 10.6. The average Bonchev–Trinajstić information content (AvgIpc) is 2.75. The van der Waals surface area contributed by atoms with E-state index in [4.69, 9.17) is 5.73 Å². The van der Waals surface area contributed by atoms with Gasteiger partial charge in [-0.05, 0) is 11.8 Å². The first-order chi connectivity index (χ1) is 7.56. The van der Waals surface area contributed by atoms with Gasteiger partial charge in [0.15, 0.2) is 4.34 Å². The third-order valence-corrected chi connectivity index (χ3v) is 3.94. The molecular formula is C8H12N6S2. The van der Waals surface area contributed by atoms with E-state index in [1.807, 2.05) is 26.0 Å². The van der Waals surface area contributed by atoms with Crippen LogP contribution in [-0.4, -0.2) is 34.1 Å². The van der Waals surface area contributed by atoms with E-state index < -0.39 is 0 Å². The number of nitrogens with zero attached hydrogens (tertiary/aromatic N) is 5. The molecule has 0 fully saturated rings. The number of anilines is 2. The summed E-state index contributed by atoms with van der Waals surface area (Å²) in [6.07, 6.45) is 1.77. The second-order valence-electron chi connectivity index (χ2n) is 3.41. The largest absolute Gasteiger partial charge is 0.395 e. The molecule has 16 heavy (non-hydrogen) atoms. The Bertz CT molecular complexity index is 488. The fraction of sp³-hybridized carbons (Fsp3) is 0.375. The van der Waals surface area contributed by atoms with Crippen molar-refractivity contribution in [3.05, 3.63) is 6.20 Å². The number of nitrogen functional groups attached to an aromatic ring is 1. The summed E-state index contributed by atoms with van der Waals surface area (Å²) in [5.74, 6) is 0. The maximum Gasteiger partial charge on any atom is 0.208 e. The zero-order valence-electron chi connectivity index (χ0n) is 9.21. The molecule has 0 aliphatic carbocycles. The number of hydrogen-bond acceptors (Lipinski definition) is 7. The minimum absolute atomic E-state index is 0.661. The van der Waals surface area contributed by atoms with Gasteiger partial charge in [0.1, 0.15) is 5.03 Å². The second kappa shape index (κ2) is 4.30. The predicted octanol–water partition coefficient (Wildman–Crippen LogP) is 1.07. The maximum absolute atomic E-state index is 5.80. The maximum atomic E-state index is 5.80. The van der Waals surface area contributed by atoms with E-state index in [2.05, 4.69) is 15.3 Å². The van der Waals surface area contributed by atoms with Crippen LogP contribution in [0.5, 0.6) is 0 Å². The van der Waals surface area contributed by atoms with Crippen molar-refractivity contribution in [1.29, 1.82) is 0 Å². The molecule has 2 heterocycles. The van der Waals surface area contributed by atoms with Gasteiger partial charge in [-0.1, -0.05) is 11.3 Å². The molecule has 8 heteroatoms. The van der Waals surface area contributed by atoms with E-state index in [1.54, 1.807) is 10.9 Å². The van der Waals surface area contributed by atoms with E-state index >= 15 is 0 Å². The van der Waals surface area contributed by atoms with Crippen molar-refractivity contribution in [2.75, 3.05) is 24.7 Å². The number of rotatable bonds is 3. The van der Waals surface area contributed by atoms with Crippen molar-refractivity contribution in [3.63, 3.8) is 0 Å². The lowest BCUT2D eigenvalue weighted by molar-refractivity contribution is 0.738. The average molecular weight is 256 g/mol. The highest BCUT2D eigenvalue weighted by atomic mass is 32.2. The standard InChI is InChI=1S/C8H12N6S2/c1-13(2)7-10-11-8(16-7)15-6-5(9)4-14(3)12-6/h4H,9H2,1-3H3. The predicted molar refractivity (Wildman–Crippen MR) is 66.0 cm³/mol. The number of aryl methyl sites for hydroxylation is 1. The molecule has 0 radical (unpaired) electrons. The zero-order valence-corrected chi connectivity index (χ0v) is 10.8. The molecule has 0 atom stereocenters. The van der Waals surface area contributed by atoms with Crippen LogP contribution in [0.1, 0.15) is 0 Å². The minimum Gasteiger partial charge on any atom is -0.395 e. The molecule has 0 unspecified atom stereocenters. The minimum atomic E-state index is 0.661. The van der Waals surface area contributed by atoms with Gasteiger partial charge >= 0.3 is 0 Å². The van der Waals surface area contributed by atoms with Crippen molar-refractivity contribution in [2.24, 2.45) is 7.05 Å². The Balaban J connectivity index is 2.17. The monoisotopic (exact) mass is 256 g/mol. The highest BCUT2D eigenvalue weighted by molar-refractivity contribution is 8.01. The van der Waals surface area contributed by atoms with Crippen molar-refractivity contribution < 1.29 is 0 Å². The third kappa shape index (κ3) is 2.27. The molecule has 0 aromatic carbocycles. The van der Waals surface area contributed by atoms with Crippen LogP contribution in [0.4, 0.5) is 10.8 Å². The molecule has 0 spiro atoms. The van der Waals surface area contributed by atoms with Gasteiger partial charge in [0.05, 0.1) is 5.69 Å². The summed E-state index contributed by atoms with van der Waals surface area (Å²) in [4.78, 5) is 1.92. The molecule has 0 saturated heterocycles. The topological polar surface area (TPSA) is 72.9 Å². The van der Waals surface area contributed by atoms with Crippen LogP contribution >= 0.6 is 23.1 Å². The molecule has 0 aliphatic heterocycles. The number of nitrogens with two attached hydrogens (primary N) is 1. The molecule has 0 amide bonds. The summed E-state index contributed by atoms with van der Waals surface area (Å²) in [6, 6.07) is 0. The fourth-order valence-corrected chi connectivity index (χ4v) is 2.79. The third-order valence-electron chi connectivity index (χ3n) is 1.78. The summed E-state index contributed by atoms with van der Waals surface area (Å²) < 4.78 is 2.53. The van der Waals surface area contributed by atoms with E-state index in [1.165, 1.54) is 23.1 Å². The van der Waals surface area contributed by atoms with Crippen molar-refractivity contribution >= 4 is 33.9 Å². The van der Waals surface area contributed by atoms with Gasteiger partial charge < -0.3 is 10.6 Å². The molecule has 0 saturated carbocycles. The summed E-state index contributed by atoms with van der Waals surface area (Å²) in [7, 11) is 5.71. The Morgan fingerprint density at radius 1 is 1.44 bits per heavy atom. The van der Waals surface area contributed by atoms with Crippen LogP contribution in [0, 0.1) is 0 Å². The van der Waals surface area contributed by atoms with Gasteiger partial charge in [-0.3, -0.25) is 4.68 Å². The van der Waals surface area contributed by atoms with Gasteiger partial charge in [-0.25, -0.2) is 0 Å². The first-order valence-electron chi connectivity index (χ1n) is 4.54. The van der Waals surface area contributed by atoms with Gasteiger partial charge in [-0.2, -0.15) is 5.10 Å². The Hall–Kier alpha value is -1.28. The normalized spacial score (nSPS) is 10.7. The number of aromatic nitrogens is 4. The lowest BCUT2D eigenvalue weighted by Gasteiger charge is -2.03. The Kier molecular flexibility index (Phi) is 3.01. The van der Waals surface area contributed by atoms with Gasteiger partial charge in [0.2, 0.25) is 5.13 Å². The smallest absolute Gasteiger partial charge is 0.208 e. The van der Waals surface area contributed by atoms with Crippen LogP contribution in [-0.2, 0) is 7.05 Å². The van der Waals surface area contributed by atoms with Gasteiger partial charge in [0, 0.05) is 27.3 Å². The van der Waals surface area contributed by atoms with Gasteiger partial charge in [0.25, 0.3) is 0 Å². The molecule has 2 N–H and O–H groups in total. The van der Waals surface area contributed by atoms with E-state index in [0.717, 1.165) is 14.5 Å². The quantitative estimate of drug-likeness (QED) is 0.885. The Morgan fingerprint density at radius 3 is 2.69 bits per heavy atom. The first-order valence-corrected chi connectivity index (χ1v) is 6.17.